The minimum atomic E-state index is -3.50. The lowest BCUT2D eigenvalue weighted by atomic mass is 10.3. The second-order valence-electron chi connectivity index (χ2n) is 3.33. The minimum Gasteiger partial charge on any atom is -0.497 e. The lowest BCUT2D eigenvalue weighted by Crippen LogP contribution is -2.15. The smallest absolute Gasteiger partial charge is 0.185 e. The highest BCUT2D eigenvalue weighted by molar-refractivity contribution is 7.92. The van der Waals surface area contributed by atoms with Gasteiger partial charge in [0.25, 0.3) is 0 Å². The summed E-state index contributed by atoms with van der Waals surface area (Å²) < 4.78 is 28.4. The van der Waals surface area contributed by atoms with Crippen molar-refractivity contribution in [1.29, 1.82) is 0 Å². The van der Waals surface area contributed by atoms with Gasteiger partial charge in [-0.05, 0) is 24.3 Å². The predicted molar refractivity (Wildman–Crippen MR) is 60.3 cm³/mol. The van der Waals surface area contributed by atoms with Crippen molar-refractivity contribution in [1.82, 2.24) is 0 Å². The van der Waals surface area contributed by atoms with Gasteiger partial charge in [-0.3, -0.25) is 4.79 Å². The Morgan fingerprint density at radius 1 is 1.25 bits per heavy atom. The molecule has 1 aromatic carbocycles. The Hall–Kier alpha value is -1.36. The minimum absolute atomic E-state index is 0.148. The van der Waals surface area contributed by atoms with Gasteiger partial charge in [-0.15, -0.1) is 0 Å². The van der Waals surface area contributed by atoms with Gasteiger partial charge in [-0.2, -0.15) is 0 Å². The summed E-state index contributed by atoms with van der Waals surface area (Å²) in [5, 5.41) is 0. The van der Waals surface area contributed by atoms with E-state index in [1.54, 1.807) is 19.1 Å². The number of hydrogen-bond acceptors (Lipinski definition) is 4. The van der Waals surface area contributed by atoms with E-state index in [0.29, 0.717) is 5.75 Å². The molecule has 0 heterocycles. The molecule has 0 atom stereocenters. The van der Waals surface area contributed by atoms with E-state index in [-0.39, 0.29) is 17.1 Å². The molecule has 1 aromatic rings. The fraction of sp³-hybridized carbons (Fsp3) is 0.364. The molecule has 4 nitrogen and oxygen atoms in total. The maximum atomic E-state index is 11.7. The maximum Gasteiger partial charge on any atom is 0.185 e. The lowest BCUT2D eigenvalue weighted by Gasteiger charge is -2.04. The van der Waals surface area contributed by atoms with Crippen LogP contribution in [0.2, 0.25) is 0 Å². The number of ether oxygens (including phenoxy) is 1. The molecule has 0 unspecified atom stereocenters. The van der Waals surface area contributed by atoms with Crippen LogP contribution in [0, 0.1) is 0 Å². The van der Waals surface area contributed by atoms with Crippen molar-refractivity contribution in [2.45, 2.75) is 18.2 Å². The average molecular weight is 242 g/mol. The van der Waals surface area contributed by atoms with Crippen LogP contribution in [0.3, 0.4) is 0 Å². The fourth-order valence-corrected chi connectivity index (χ4v) is 2.53. The third-order valence-electron chi connectivity index (χ3n) is 2.16. The number of carbonyl (C=O) groups excluding carboxylic acids is 1. The molecule has 0 spiro atoms. The van der Waals surface area contributed by atoms with Crippen LogP contribution in [-0.4, -0.2) is 27.1 Å². The largest absolute Gasteiger partial charge is 0.497 e. The second kappa shape index (κ2) is 5.12. The van der Waals surface area contributed by atoms with Gasteiger partial charge in [-0.25, -0.2) is 8.42 Å². The number of ketones is 1. The van der Waals surface area contributed by atoms with Crippen LogP contribution >= 0.6 is 0 Å². The Bertz CT molecular complexity index is 459. The first-order valence-corrected chi connectivity index (χ1v) is 6.53. The highest BCUT2D eigenvalue weighted by atomic mass is 32.2. The molecule has 0 fully saturated rings. The zero-order chi connectivity index (χ0) is 12.2. The Morgan fingerprint density at radius 2 is 1.81 bits per heavy atom. The molecule has 0 aliphatic carbocycles. The van der Waals surface area contributed by atoms with Gasteiger partial charge in [0.1, 0.15) is 17.3 Å². The van der Waals surface area contributed by atoms with Crippen LogP contribution in [0.4, 0.5) is 0 Å². The molecule has 0 radical (unpaired) electrons. The number of carbonyl (C=O) groups is 1. The highest BCUT2D eigenvalue weighted by Crippen LogP contribution is 2.16. The molecule has 5 heteroatoms. The van der Waals surface area contributed by atoms with Gasteiger partial charge >= 0.3 is 0 Å². The molecule has 1 rings (SSSR count). The van der Waals surface area contributed by atoms with Gasteiger partial charge in [0.05, 0.1) is 12.0 Å². The molecular formula is C11H14O4S. The Balaban J connectivity index is 2.94. The molecule has 88 valence electrons. The molecule has 0 saturated carbocycles. The second-order valence-corrected chi connectivity index (χ2v) is 5.32. The van der Waals surface area contributed by atoms with Crippen molar-refractivity contribution in [3.63, 3.8) is 0 Å². The normalized spacial score (nSPS) is 11.1. The molecule has 0 aromatic heterocycles. The van der Waals surface area contributed by atoms with Gasteiger partial charge in [0.15, 0.2) is 9.84 Å². The van der Waals surface area contributed by atoms with Crippen LogP contribution < -0.4 is 4.74 Å². The van der Waals surface area contributed by atoms with Crippen LogP contribution in [0.1, 0.15) is 13.3 Å². The number of sulfone groups is 1. The van der Waals surface area contributed by atoms with Gasteiger partial charge in [0, 0.05) is 6.42 Å². The van der Waals surface area contributed by atoms with Crippen LogP contribution in [0.25, 0.3) is 0 Å². The van der Waals surface area contributed by atoms with Crippen molar-refractivity contribution in [3.8, 4) is 5.75 Å². The average Bonchev–Trinajstić information content (AvgIpc) is 2.28. The van der Waals surface area contributed by atoms with Crippen molar-refractivity contribution >= 4 is 15.6 Å². The Morgan fingerprint density at radius 3 is 2.25 bits per heavy atom. The molecule has 16 heavy (non-hydrogen) atoms. The van der Waals surface area contributed by atoms with Crippen molar-refractivity contribution < 1.29 is 17.9 Å². The molecule has 0 aliphatic rings. The SMILES string of the molecule is CCC(=O)CS(=O)(=O)c1ccc(OC)cc1. The topological polar surface area (TPSA) is 60.4 Å². The molecular weight excluding hydrogens is 228 g/mol. The first-order valence-electron chi connectivity index (χ1n) is 4.88. The van der Waals surface area contributed by atoms with Crippen molar-refractivity contribution in [3.05, 3.63) is 24.3 Å². The number of hydrogen-bond donors (Lipinski definition) is 0. The van der Waals surface area contributed by atoms with Gasteiger partial charge in [0.2, 0.25) is 0 Å². The van der Waals surface area contributed by atoms with E-state index in [1.165, 1.54) is 19.2 Å². The quantitative estimate of drug-likeness (QED) is 0.784. The summed E-state index contributed by atoms with van der Waals surface area (Å²) in [6, 6.07) is 6.00. The fourth-order valence-electron chi connectivity index (χ4n) is 1.18. The van der Waals surface area contributed by atoms with Gasteiger partial charge in [-0.1, -0.05) is 6.92 Å². The Labute approximate surface area is 95.2 Å². The number of methoxy groups -OCH3 is 1. The van der Waals surface area contributed by atoms with Crippen LogP contribution in [0.5, 0.6) is 5.75 Å². The predicted octanol–water partition coefficient (Wildman–Crippen LogP) is 1.45. The number of Topliss-reactive ketones (excluding diaryl/α,β-unsaturated/α-hetero) is 1. The van der Waals surface area contributed by atoms with E-state index in [4.69, 9.17) is 4.74 Å². The summed E-state index contributed by atoms with van der Waals surface area (Å²) in [5.74, 6) is -0.132. The van der Waals surface area contributed by atoms with Crippen molar-refractivity contribution in [2.24, 2.45) is 0 Å². The van der Waals surface area contributed by atoms with Crippen LogP contribution in [-0.2, 0) is 14.6 Å². The standard InChI is InChI=1S/C11H14O4S/c1-3-9(12)8-16(13,14)11-6-4-10(15-2)5-7-11/h4-7H,3,8H2,1-2H3. The molecule has 0 N–H and O–H groups in total. The third kappa shape index (κ3) is 3.06. The van der Waals surface area contributed by atoms with Crippen molar-refractivity contribution in [2.75, 3.05) is 12.9 Å². The van der Waals surface area contributed by atoms with Crippen LogP contribution in [0.15, 0.2) is 29.2 Å². The Kier molecular flexibility index (Phi) is 4.06. The van der Waals surface area contributed by atoms with E-state index in [1.807, 2.05) is 0 Å². The van der Waals surface area contributed by atoms with Gasteiger partial charge < -0.3 is 4.74 Å². The zero-order valence-electron chi connectivity index (χ0n) is 9.26. The molecule has 0 bridgehead atoms. The van der Waals surface area contributed by atoms with E-state index in [9.17, 15) is 13.2 Å². The van der Waals surface area contributed by atoms with E-state index in [2.05, 4.69) is 0 Å². The first-order chi connectivity index (χ1) is 7.49. The summed E-state index contributed by atoms with van der Waals surface area (Å²) in [4.78, 5) is 11.3. The monoisotopic (exact) mass is 242 g/mol. The maximum absolute atomic E-state index is 11.7. The molecule has 0 saturated heterocycles. The zero-order valence-corrected chi connectivity index (χ0v) is 10.1. The third-order valence-corrected chi connectivity index (χ3v) is 3.86. The number of benzene rings is 1. The summed E-state index contributed by atoms with van der Waals surface area (Å²) >= 11 is 0. The lowest BCUT2D eigenvalue weighted by molar-refractivity contribution is -0.116. The summed E-state index contributed by atoms with van der Waals surface area (Å²) in [6.07, 6.45) is 0.232. The van der Waals surface area contributed by atoms with E-state index < -0.39 is 15.6 Å². The number of rotatable bonds is 5. The highest BCUT2D eigenvalue weighted by Gasteiger charge is 2.17. The molecule has 0 aliphatic heterocycles. The van der Waals surface area contributed by atoms with E-state index >= 15 is 0 Å². The first kappa shape index (κ1) is 12.7. The summed E-state index contributed by atoms with van der Waals surface area (Å²) in [7, 11) is -2.00. The summed E-state index contributed by atoms with van der Waals surface area (Å²) in [6.45, 7) is 1.64. The molecule has 0 amide bonds. The summed E-state index contributed by atoms with van der Waals surface area (Å²) in [5.41, 5.74) is 0. The van der Waals surface area contributed by atoms with E-state index in [0.717, 1.165) is 0 Å².